The molecule has 0 saturated carbocycles. The summed E-state index contributed by atoms with van der Waals surface area (Å²) < 4.78 is 1.61. The molecule has 0 aromatic heterocycles. The summed E-state index contributed by atoms with van der Waals surface area (Å²) in [5.41, 5.74) is 6.98. The molecular weight excluding hydrogens is 108 g/mol. The largest absolute Gasteiger partial charge is 0.246 e. The molecule has 2 nitrogen and oxygen atoms in total. The van der Waals surface area contributed by atoms with Gasteiger partial charge in [0, 0.05) is 0 Å². The first kappa shape index (κ1) is 5.09. The summed E-state index contributed by atoms with van der Waals surface area (Å²) in [6.45, 7) is 0.987. The van der Waals surface area contributed by atoms with Crippen LogP contribution in [0.25, 0.3) is 0 Å². The van der Waals surface area contributed by atoms with E-state index in [1.54, 1.807) is 4.70 Å². The van der Waals surface area contributed by atoms with E-state index in [0.717, 1.165) is 12.3 Å². The van der Waals surface area contributed by atoms with Crippen molar-refractivity contribution in [3.63, 3.8) is 0 Å². The van der Waals surface area contributed by atoms with Crippen LogP contribution >= 0.6 is 11.8 Å². The molecule has 0 amide bonds. The maximum Gasteiger partial charge on any atom is 0.246 e. The second-order valence-corrected chi connectivity index (χ2v) is 2.67. The Morgan fingerprint density at radius 2 is 2.57 bits per heavy atom. The lowest BCUT2D eigenvalue weighted by molar-refractivity contribution is -0.461. The van der Waals surface area contributed by atoms with Crippen molar-refractivity contribution in [1.82, 2.24) is 0 Å². The molecule has 0 radical (unpaired) electrons. The normalized spacial score (nSPS) is 28.1. The van der Waals surface area contributed by atoms with E-state index < -0.39 is 0 Å². The average Bonchev–Trinajstić information content (AvgIpc) is 2.22. The van der Waals surface area contributed by atoms with Crippen LogP contribution < -0.4 is 0 Å². The van der Waals surface area contributed by atoms with Crippen molar-refractivity contribution in [1.29, 1.82) is 5.53 Å². The molecule has 1 unspecified atom stereocenters. The Labute approximate surface area is 47.4 Å². The fraction of sp³-hybridized carbons (Fsp3) is 1.00. The second kappa shape index (κ2) is 1.82. The van der Waals surface area contributed by atoms with Crippen molar-refractivity contribution in [2.75, 3.05) is 18.6 Å². The van der Waals surface area contributed by atoms with Crippen molar-refractivity contribution in [3.8, 4) is 0 Å². The number of hydrogen-bond acceptors (Lipinski definition) is 2. The lowest BCUT2D eigenvalue weighted by atomic mass is 10.6. The molecule has 3 heteroatoms. The minimum absolute atomic E-state index is 0.579. The van der Waals surface area contributed by atoms with Gasteiger partial charge in [0.2, 0.25) is 12.6 Å². The van der Waals surface area contributed by atoms with Crippen LogP contribution in [-0.2, 0) is 0 Å². The van der Waals surface area contributed by atoms with Gasteiger partial charge in [-0.2, -0.15) is 11.8 Å². The van der Waals surface area contributed by atoms with Crippen molar-refractivity contribution < 1.29 is 4.70 Å². The zero-order chi connectivity index (χ0) is 5.28. The minimum Gasteiger partial charge on any atom is -0.158 e. The van der Waals surface area contributed by atoms with Crippen LogP contribution in [0.4, 0.5) is 0 Å². The van der Waals surface area contributed by atoms with Gasteiger partial charge < -0.3 is 0 Å². The third-order valence-electron chi connectivity index (χ3n) is 1.07. The Hall–Kier alpha value is -0.0500. The van der Waals surface area contributed by atoms with Crippen LogP contribution in [0, 0.1) is 5.53 Å². The Morgan fingerprint density at radius 1 is 2.00 bits per heavy atom. The Bertz CT molecular complexity index is 91.7. The number of nitrogens with one attached hydrogen (secondary N) is 1. The maximum atomic E-state index is 6.98. The summed E-state index contributed by atoms with van der Waals surface area (Å²) in [5, 5.41) is 0. The molecule has 1 atom stereocenters. The maximum absolute atomic E-state index is 6.98. The smallest absolute Gasteiger partial charge is 0.158 e. The van der Waals surface area contributed by atoms with Gasteiger partial charge in [-0.25, -0.2) is 0 Å². The molecule has 0 spiro atoms. The topological polar surface area (TPSA) is 26.9 Å². The molecule has 40 valence electrons. The van der Waals surface area contributed by atoms with Gasteiger partial charge in [0.05, 0.1) is 5.75 Å². The van der Waals surface area contributed by atoms with Gasteiger partial charge >= 0.3 is 0 Å². The fourth-order valence-corrected chi connectivity index (χ4v) is 1.19. The molecule has 0 aliphatic carbocycles. The van der Waals surface area contributed by atoms with Crippen molar-refractivity contribution in [2.45, 2.75) is 6.04 Å². The van der Waals surface area contributed by atoms with E-state index in [1.807, 2.05) is 11.8 Å². The molecular formula is C4H9N2S+. The molecule has 1 rings (SSSR count). The zero-order valence-electron chi connectivity index (χ0n) is 4.35. The number of nitrogens with zero attached hydrogens (tertiary/aromatic N) is 1. The average molecular weight is 117 g/mol. The van der Waals surface area contributed by atoms with Gasteiger partial charge in [0.15, 0.2) is 0 Å². The predicted molar refractivity (Wildman–Crippen MR) is 30.0 cm³/mol. The van der Waals surface area contributed by atoms with Crippen LogP contribution in [0.2, 0.25) is 0 Å². The summed E-state index contributed by atoms with van der Waals surface area (Å²) in [7, 11) is 0. The molecule has 1 heterocycles. The summed E-state index contributed by atoms with van der Waals surface area (Å²) in [5.74, 6) is 1.13. The molecule has 7 heavy (non-hydrogen) atoms. The van der Waals surface area contributed by atoms with Crippen molar-refractivity contribution >= 4 is 11.8 Å². The van der Waals surface area contributed by atoms with E-state index in [9.17, 15) is 0 Å². The standard InChI is InChI=1S/C4H9N2S/c1-7-3-4-2-6(4)5/h4-5H,2-3H2,1H3/q+1. The highest BCUT2D eigenvalue weighted by atomic mass is 32.2. The SMILES string of the molecule is CSCC1C[N+]1=N. The quantitative estimate of drug-likeness (QED) is 0.420. The highest BCUT2D eigenvalue weighted by molar-refractivity contribution is 7.98. The van der Waals surface area contributed by atoms with Crippen molar-refractivity contribution in [2.24, 2.45) is 0 Å². The Morgan fingerprint density at radius 3 is 2.71 bits per heavy atom. The molecule has 1 N–H and O–H groups in total. The molecule has 1 aliphatic rings. The highest BCUT2D eigenvalue weighted by Crippen LogP contribution is 2.12. The van der Waals surface area contributed by atoms with Crippen molar-refractivity contribution in [3.05, 3.63) is 0 Å². The third-order valence-corrected chi connectivity index (χ3v) is 1.79. The fourth-order valence-electron chi connectivity index (χ4n) is 0.515. The van der Waals surface area contributed by atoms with Gasteiger partial charge in [-0.3, -0.25) is 0 Å². The summed E-state index contributed by atoms with van der Waals surface area (Å²) in [4.78, 5) is 0. The number of thioether (sulfide) groups is 1. The van der Waals surface area contributed by atoms with E-state index in [1.165, 1.54) is 0 Å². The van der Waals surface area contributed by atoms with Crippen LogP contribution in [0.1, 0.15) is 0 Å². The second-order valence-electron chi connectivity index (χ2n) is 1.76. The number of hydrogen-bond donors (Lipinski definition) is 1. The first-order valence-electron chi connectivity index (χ1n) is 2.31. The Balaban J connectivity index is 2.09. The van der Waals surface area contributed by atoms with Gasteiger partial charge in [-0.05, 0) is 6.26 Å². The first-order valence-corrected chi connectivity index (χ1v) is 3.71. The van der Waals surface area contributed by atoms with Gasteiger partial charge in [0.25, 0.3) is 0 Å². The summed E-state index contributed by atoms with van der Waals surface area (Å²) in [6, 6.07) is 0.579. The van der Waals surface area contributed by atoms with Crippen LogP contribution in [0.5, 0.6) is 0 Å². The van der Waals surface area contributed by atoms with Gasteiger partial charge in [-0.15, -0.1) is 4.70 Å². The summed E-state index contributed by atoms with van der Waals surface area (Å²) in [6.07, 6.45) is 2.08. The molecule has 0 bridgehead atoms. The monoisotopic (exact) mass is 117 g/mol. The lowest BCUT2D eigenvalue weighted by Gasteiger charge is -1.75. The summed E-state index contributed by atoms with van der Waals surface area (Å²) >= 11 is 1.81. The molecule has 1 aliphatic heterocycles. The van der Waals surface area contributed by atoms with E-state index in [2.05, 4.69) is 6.26 Å². The van der Waals surface area contributed by atoms with E-state index in [0.29, 0.717) is 6.04 Å². The molecule has 1 saturated heterocycles. The van der Waals surface area contributed by atoms with Gasteiger partial charge in [0.1, 0.15) is 0 Å². The van der Waals surface area contributed by atoms with E-state index in [-0.39, 0.29) is 0 Å². The number of rotatable bonds is 2. The van der Waals surface area contributed by atoms with E-state index in [4.69, 9.17) is 5.53 Å². The van der Waals surface area contributed by atoms with Crippen LogP contribution in [-0.4, -0.2) is 29.3 Å². The third kappa shape index (κ3) is 1.16. The molecule has 0 aromatic rings. The first-order chi connectivity index (χ1) is 3.34. The molecule has 1 fully saturated rings. The van der Waals surface area contributed by atoms with E-state index >= 15 is 0 Å². The highest BCUT2D eigenvalue weighted by Gasteiger charge is 2.40. The predicted octanol–water partition coefficient (Wildman–Crippen LogP) is 0.775. The lowest BCUT2D eigenvalue weighted by Crippen LogP contribution is -1.89. The van der Waals surface area contributed by atoms with Crippen LogP contribution in [0.3, 0.4) is 0 Å². The Kier molecular flexibility index (Phi) is 1.32. The zero-order valence-corrected chi connectivity index (χ0v) is 5.16. The van der Waals surface area contributed by atoms with Gasteiger partial charge in [-0.1, -0.05) is 5.53 Å². The minimum atomic E-state index is 0.579. The van der Waals surface area contributed by atoms with Crippen LogP contribution in [0.15, 0.2) is 0 Å². The molecule has 0 aromatic carbocycles.